The maximum Gasteiger partial charge on any atom is 0.229 e. The molecule has 4 rings (SSSR count). The van der Waals surface area contributed by atoms with Crippen LogP contribution in [0, 0.1) is 11.3 Å². The Morgan fingerprint density at radius 1 is 0.833 bits per heavy atom. The van der Waals surface area contributed by atoms with Crippen molar-refractivity contribution in [3.05, 3.63) is 90.5 Å². The van der Waals surface area contributed by atoms with Crippen LogP contribution in [-0.4, -0.2) is 17.1 Å². The number of methoxy groups -OCH3 is 1. The Balaban J connectivity index is 1.71. The summed E-state index contributed by atoms with van der Waals surface area (Å²) >= 11 is 0. The van der Waals surface area contributed by atoms with Gasteiger partial charge in [-0.25, -0.2) is 4.98 Å². The predicted molar refractivity (Wildman–Crippen MR) is 118 cm³/mol. The number of hydrogen-bond acceptors (Lipinski definition) is 6. The molecule has 0 aliphatic carbocycles. The van der Waals surface area contributed by atoms with E-state index in [1.165, 1.54) is 0 Å². The summed E-state index contributed by atoms with van der Waals surface area (Å²) < 4.78 is 5.42. The number of nitrogens with one attached hydrogen (secondary N) is 2. The van der Waals surface area contributed by atoms with E-state index in [4.69, 9.17) is 10.00 Å². The molecule has 146 valence electrons. The van der Waals surface area contributed by atoms with Gasteiger partial charge < -0.3 is 15.4 Å². The van der Waals surface area contributed by atoms with Crippen LogP contribution in [0.2, 0.25) is 0 Å². The quantitative estimate of drug-likeness (QED) is 0.449. The highest BCUT2D eigenvalue weighted by atomic mass is 16.5. The Kier molecular flexibility index (Phi) is 5.54. The SMILES string of the molecule is COc1ccccc1Nc1nc(Nc2ccc(C#N)cc2)cc(-c2ccccc2)n1. The first-order valence-corrected chi connectivity index (χ1v) is 9.37. The summed E-state index contributed by atoms with van der Waals surface area (Å²) in [6.45, 7) is 0. The number of rotatable bonds is 6. The van der Waals surface area contributed by atoms with Crippen molar-refractivity contribution >= 4 is 23.1 Å². The molecule has 0 spiro atoms. The molecule has 0 amide bonds. The Bertz CT molecular complexity index is 1180. The summed E-state index contributed by atoms with van der Waals surface area (Å²) in [5.74, 6) is 1.77. The lowest BCUT2D eigenvalue weighted by atomic mass is 10.1. The number of para-hydroxylation sites is 2. The van der Waals surface area contributed by atoms with Gasteiger partial charge in [-0.2, -0.15) is 10.2 Å². The molecule has 0 saturated carbocycles. The number of ether oxygens (including phenoxy) is 1. The summed E-state index contributed by atoms with van der Waals surface area (Å²) in [5, 5.41) is 15.5. The zero-order chi connectivity index (χ0) is 20.8. The van der Waals surface area contributed by atoms with Gasteiger partial charge in [0.25, 0.3) is 0 Å². The molecule has 1 aromatic heterocycles. The van der Waals surface area contributed by atoms with Gasteiger partial charge in [-0.3, -0.25) is 0 Å². The molecule has 4 aromatic rings. The van der Waals surface area contributed by atoms with Gasteiger partial charge in [-0.15, -0.1) is 0 Å². The first-order chi connectivity index (χ1) is 14.7. The van der Waals surface area contributed by atoms with E-state index in [1.54, 1.807) is 19.2 Å². The van der Waals surface area contributed by atoms with Gasteiger partial charge in [0.05, 0.1) is 30.1 Å². The topological polar surface area (TPSA) is 82.9 Å². The maximum absolute atomic E-state index is 8.99. The summed E-state index contributed by atoms with van der Waals surface area (Å²) in [4.78, 5) is 9.30. The van der Waals surface area contributed by atoms with E-state index in [2.05, 4.69) is 26.7 Å². The van der Waals surface area contributed by atoms with Crippen LogP contribution in [-0.2, 0) is 0 Å². The number of nitriles is 1. The fraction of sp³-hybridized carbons (Fsp3) is 0.0417. The molecule has 0 radical (unpaired) electrons. The van der Waals surface area contributed by atoms with Crippen LogP contribution in [0.15, 0.2) is 84.9 Å². The second kappa shape index (κ2) is 8.76. The average Bonchev–Trinajstić information content (AvgIpc) is 2.80. The fourth-order valence-corrected chi connectivity index (χ4v) is 2.97. The van der Waals surface area contributed by atoms with E-state index in [9.17, 15) is 0 Å². The number of aromatic nitrogens is 2. The molecule has 3 aromatic carbocycles. The zero-order valence-electron chi connectivity index (χ0n) is 16.3. The second-order valence-corrected chi connectivity index (χ2v) is 6.47. The van der Waals surface area contributed by atoms with Crippen LogP contribution >= 0.6 is 0 Å². The van der Waals surface area contributed by atoms with E-state index < -0.39 is 0 Å². The van der Waals surface area contributed by atoms with Crippen LogP contribution in [0.25, 0.3) is 11.3 Å². The summed E-state index contributed by atoms with van der Waals surface area (Å²) in [7, 11) is 1.62. The van der Waals surface area contributed by atoms with Crippen molar-refractivity contribution in [3.63, 3.8) is 0 Å². The van der Waals surface area contributed by atoms with Gasteiger partial charge in [0.2, 0.25) is 5.95 Å². The minimum Gasteiger partial charge on any atom is -0.495 e. The Labute approximate surface area is 174 Å². The van der Waals surface area contributed by atoms with Gasteiger partial charge in [0, 0.05) is 17.3 Å². The highest BCUT2D eigenvalue weighted by Gasteiger charge is 2.10. The molecule has 0 fully saturated rings. The molecular weight excluding hydrogens is 374 g/mol. The van der Waals surface area contributed by atoms with Gasteiger partial charge in [0.1, 0.15) is 11.6 Å². The number of anilines is 4. The highest BCUT2D eigenvalue weighted by Crippen LogP contribution is 2.28. The fourth-order valence-electron chi connectivity index (χ4n) is 2.97. The lowest BCUT2D eigenvalue weighted by Gasteiger charge is -2.13. The largest absolute Gasteiger partial charge is 0.495 e. The van der Waals surface area contributed by atoms with Crippen molar-refractivity contribution in [2.24, 2.45) is 0 Å². The monoisotopic (exact) mass is 393 g/mol. The molecule has 0 aliphatic heterocycles. The minimum absolute atomic E-state index is 0.442. The van der Waals surface area contributed by atoms with Crippen molar-refractivity contribution in [3.8, 4) is 23.1 Å². The molecule has 6 nitrogen and oxygen atoms in total. The first-order valence-electron chi connectivity index (χ1n) is 9.37. The van der Waals surface area contributed by atoms with Gasteiger partial charge in [-0.05, 0) is 36.4 Å². The molecule has 0 aliphatic rings. The van der Waals surface area contributed by atoms with Crippen molar-refractivity contribution in [2.75, 3.05) is 17.7 Å². The van der Waals surface area contributed by atoms with E-state index in [0.717, 1.165) is 22.6 Å². The molecule has 0 saturated heterocycles. The molecule has 2 N–H and O–H groups in total. The van der Waals surface area contributed by atoms with Gasteiger partial charge in [-0.1, -0.05) is 42.5 Å². The third-order valence-corrected chi connectivity index (χ3v) is 4.44. The molecule has 30 heavy (non-hydrogen) atoms. The van der Waals surface area contributed by atoms with Crippen molar-refractivity contribution < 1.29 is 4.74 Å². The number of hydrogen-bond donors (Lipinski definition) is 2. The standard InChI is InChI=1S/C24H19N5O/c1-30-22-10-6-5-9-20(22)27-24-28-21(18-7-3-2-4-8-18)15-23(29-24)26-19-13-11-17(16-25)12-14-19/h2-15H,1H3,(H2,26,27,28,29). The molecule has 6 heteroatoms. The normalized spacial score (nSPS) is 10.1. The van der Waals surface area contributed by atoms with Crippen molar-refractivity contribution in [1.82, 2.24) is 9.97 Å². The molecule has 0 atom stereocenters. The van der Waals surface area contributed by atoms with Crippen LogP contribution in [0.4, 0.5) is 23.1 Å². The number of nitrogens with zero attached hydrogens (tertiary/aromatic N) is 3. The van der Waals surface area contributed by atoms with E-state index in [-0.39, 0.29) is 0 Å². The van der Waals surface area contributed by atoms with Gasteiger partial charge >= 0.3 is 0 Å². The molecular formula is C24H19N5O. The maximum atomic E-state index is 8.99. The first kappa shape index (κ1) is 19.0. The zero-order valence-corrected chi connectivity index (χ0v) is 16.3. The van der Waals surface area contributed by atoms with Crippen LogP contribution in [0.5, 0.6) is 5.75 Å². The van der Waals surface area contributed by atoms with Crippen LogP contribution in [0.1, 0.15) is 5.56 Å². The lowest BCUT2D eigenvalue weighted by molar-refractivity contribution is 0.417. The summed E-state index contributed by atoms with van der Waals surface area (Å²) in [5.41, 5.74) is 3.96. The second-order valence-electron chi connectivity index (χ2n) is 6.47. The minimum atomic E-state index is 0.442. The molecule has 1 heterocycles. The summed E-state index contributed by atoms with van der Waals surface area (Å²) in [6, 6.07) is 28.7. The smallest absolute Gasteiger partial charge is 0.229 e. The Morgan fingerprint density at radius 3 is 2.30 bits per heavy atom. The van der Waals surface area contributed by atoms with E-state index >= 15 is 0 Å². The number of benzene rings is 3. The molecule has 0 unspecified atom stereocenters. The van der Waals surface area contributed by atoms with Crippen molar-refractivity contribution in [2.45, 2.75) is 0 Å². The highest BCUT2D eigenvalue weighted by molar-refractivity contribution is 5.70. The summed E-state index contributed by atoms with van der Waals surface area (Å²) in [6.07, 6.45) is 0. The van der Waals surface area contributed by atoms with Crippen molar-refractivity contribution in [1.29, 1.82) is 5.26 Å². The Hall–Kier alpha value is -4.37. The van der Waals surface area contributed by atoms with Crippen LogP contribution in [0.3, 0.4) is 0 Å². The van der Waals surface area contributed by atoms with E-state index in [0.29, 0.717) is 23.1 Å². The third-order valence-electron chi connectivity index (χ3n) is 4.44. The average molecular weight is 393 g/mol. The van der Waals surface area contributed by atoms with Gasteiger partial charge in [0.15, 0.2) is 0 Å². The molecule has 0 bridgehead atoms. The lowest BCUT2D eigenvalue weighted by Crippen LogP contribution is -2.03. The third kappa shape index (κ3) is 4.37. The van der Waals surface area contributed by atoms with Crippen LogP contribution < -0.4 is 15.4 Å². The predicted octanol–water partition coefficient (Wildman–Crippen LogP) is 5.51. The Morgan fingerprint density at radius 2 is 1.57 bits per heavy atom. The van der Waals surface area contributed by atoms with E-state index in [1.807, 2.05) is 72.8 Å².